The Morgan fingerprint density at radius 3 is 2.76 bits per heavy atom. The van der Waals surface area contributed by atoms with Crippen LogP contribution in [0.1, 0.15) is 11.1 Å². The Bertz CT molecular complexity index is 607. The molecule has 0 fully saturated rings. The van der Waals surface area contributed by atoms with Crippen molar-refractivity contribution in [3.8, 4) is 0 Å². The minimum Gasteiger partial charge on any atom is -0.310 e. The minimum absolute atomic E-state index is 0.103. The molecular formula is C13H11BrFNO. The Morgan fingerprint density at radius 1 is 1.29 bits per heavy atom. The third kappa shape index (κ3) is 2.82. The van der Waals surface area contributed by atoms with Crippen LogP contribution in [0.5, 0.6) is 0 Å². The van der Waals surface area contributed by atoms with Crippen LogP contribution in [0.3, 0.4) is 0 Å². The topological polar surface area (TPSA) is 22.0 Å². The molecule has 0 saturated carbocycles. The van der Waals surface area contributed by atoms with Gasteiger partial charge in [0.1, 0.15) is 5.82 Å². The lowest BCUT2D eigenvalue weighted by Gasteiger charge is -2.07. The van der Waals surface area contributed by atoms with Crippen molar-refractivity contribution < 1.29 is 4.39 Å². The Labute approximate surface area is 107 Å². The van der Waals surface area contributed by atoms with Crippen molar-refractivity contribution in [3.63, 3.8) is 0 Å². The average Bonchev–Trinajstić information content (AvgIpc) is 2.29. The van der Waals surface area contributed by atoms with Crippen molar-refractivity contribution in [2.24, 2.45) is 0 Å². The third-order valence-corrected chi connectivity index (χ3v) is 3.01. The standard InChI is InChI=1S/C13H11BrFNO/c1-9-2-3-10(6-12(9)15)7-16-8-11(14)4-5-13(16)17/h2-6,8H,7H2,1H3. The zero-order chi connectivity index (χ0) is 12.4. The predicted molar refractivity (Wildman–Crippen MR) is 68.6 cm³/mol. The molecule has 17 heavy (non-hydrogen) atoms. The first kappa shape index (κ1) is 12.0. The molecule has 1 heterocycles. The number of rotatable bonds is 2. The highest BCUT2D eigenvalue weighted by Gasteiger charge is 2.02. The van der Waals surface area contributed by atoms with Crippen molar-refractivity contribution >= 4 is 15.9 Å². The van der Waals surface area contributed by atoms with E-state index in [9.17, 15) is 9.18 Å². The molecule has 1 aromatic heterocycles. The van der Waals surface area contributed by atoms with Gasteiger partial charge in [-0.15, -0.1) is 0 Å². The van der Waals surface area contributed by atoms with Crippen LogP contribution >= 0.6 is 15.9 Å². The molecule has 0 radical (unpaired) electrons. The monoisotopic (exact) mass is 295 g/mol. The number of aryl methyl sites for hydroxylation is 1. The SMILES string of the molecule is Cc1ccc(Cn2cc(Br)ccc2=O)cc1F. The van der Waals surface area contributed by atoms with E-state index in [1.807, 2.05) is 6.07 Å². The van der Waals surface area contributed by atoms with E-state index in [1.165, 1.54) is 16.7 Å². The molecule has 2 aromatic rings. The second kappa shape index (κ2) is 4.84. The van der Waals surface area contributed by atoms with Gasteiger partial charge in [-0.3, -0.25) is 4.79 Å². The van der Waals surface area contributed by atoms with E-state index < -0.39 is 0 Å². The van der Waals surface area contributed by atoms with Crippen LogP contribution in [0.15, 0.2) is 45.8 Å². The van der Waals surface area contributed by atoms with Crippen LogP contribution < -0.4 is 5.56 Å². The van der Waals surface area contributed by atoms with E-state index in [0.717, 1.165) is 10.0 Å². The summed E-state index contributed by atoms with van der Waals surface area (Å²) >= 11 is 3.30. The number of hydrogen-bond donors (Lipinski definition) is 0. The fourth-order valence-electron chi connectivity index (χ4n) is 1.56. The molecule has 0 aliphatic heterocycles. The zero-order valence-corrected chi connectivity index (χ0v) is 10.9. The fraction of sp³-hybridized carbons (Fsp3) is 0.154. The molecule has 1 aromatic carbocycles. The van der Waals surface area contributed by atoms with Crippen molar-refractivity contribution in [3.05, 3.63) is 68.3 Å². The number of aromatic nitrogens is 1. The Morgan fingerprint density at radius 2 is 2.06 bits per heavy atom. The van der Waals surface area contributed by atoms with Gasteiger partial charge in [0.25, 0.3) is 5.56 Å². The average molecular weight is 296 g/mol. The summed E-state index contributed by atoms with van der Waals surface area (Å²) in [5, 5.41) is 0. The quantitative estimate of drug-likeness (QED) is 0.834. The van der Waals surface area contributed by atoms with Gasteiger partial charge >= 0.3 is 0 Å². The van der Waals surface area contributed by atoms with E-state index in [0.29, 0.717) is 12.1 Å². The summed E-state index contributed by atoms with van der Waals surface area (Å²) in [6, 6.07) is 8.17. The molecule has 0 spiro atoms. The molecule has 2 nitrogen and oxygen atoms in total. The molecule has 0 N–H and O–H groups in total. The molecule has 0 atom stereocenters. The molecule has 88 valence electrons. The molecule has 0 saturated heterocycles. The molecule has 0 aliphatic rings. The van der Waals surface area contributed by atoms with E-state index in [2.05, 4.69) is 15.9 Å². The molecule has 4 heteroatoms. The number of benzene rings is 1. The summed E-state index contributed by atoms with van der Waals surface area (Å²) in [6.07, 6.45) is 1.69. The predicted octanol–water partition coefficient (Wildman–Crippen LogP) is 3.11. The lowest BCUT2D eigenvalue weighted by Crippen LogP contribution is -2.18. The first-order chi connectivity index (χ1) is 8.06. The summed E-state index contributed by atoms with van der Waals surface area (Å²) in [7, 11) is 0. The van der Waals surface area contributed by atoms with Crippen molar-refractivity contribution in [1.29, 1.82) is 0 Å². The fourth-order valence-corrected chi connectivity index (χ4v) is 1.94. The Hall–Kier alpha value is -1.42. The Kier molecular flexibility index (Phi) is 3.43. The van der Waals surface area contributed by atoms with Gasteiger partial charge < -0.3 is 4.57 Å². The van der Waals surface area contributed by atoms with E-state index >= 15 is 0 Å². The van der Waals surface area contributed by atoms with E-state index in [4.69, 9.17) is 0 Å². The van der Waals surface area contributed by atoms with Gasteiger partial charge in [0.15, 0.2) is 0 Å². The van der Waals surface area contributed by atoms with E-state index in [1.54, 1.807) is 25.3 Å². The van der Waals surface area contributed by atoms with Crippen LogP contribution in [0.4, 0.5) is 4.39 Å². The van der Waals surface area contributed by atoms with Crippen LogP contribution in [0, 0.1) is 12.7 Å². The molecule has 0 bridgehead atoms. The summed E-state index contributed by atoms with van der Waals surface area (Å²) in [4.78, 5) is 11.6. The minimum atomic E-state index is -0.245. The highest BCUT2D eigenvalue weighted by molar-refractivity contribution is 9.10. The number of hydrogen-bond acceptors (Lipinski definition) is 1. The van der Waals surface area contributed by atoms with Crippen molar-refractivity contribution in [1.82, 2.24) is 4.57 Å². The normalized spacial score (nSPS) is 10.5. The first-order valence-electron chi connectivity index (χ1n) is 5.17. The molecule has 2 rings (SSSR count). The van der Waals surface area contributed by atoms with Gasteiger partial charge in [-0.1, -0.05) is 12.1 Å². The number of halogens is 2. The van der Waals surface area contributed by atoms with Crippen LogP contribution in [-0.4, -0.2) is 4.57 Å². The summed E-state index contributed by atoms with van der Waals surface area (Å²) in [5.41, 5.74) is 1.28. The van der Waals surface area contributed by atoms with Crippen LogP contribution in [-0.2, 0) is 6.54 Å². The highest BCUT2D eigenvalue weighted by Crippen LogP contribution is 2.11. The summed E-state index contributed by atoms with van der Waals surface area (Å²) < 4.78 is 15.7. The second-order valence-corrected chi connectivity index (χ2v) is 4.81. The largest absolute Gasteiger partial charge is 0.310 e. The number of pyridine rings is 1. The van der Waals surface area contributed by atoms with Gasteiger partial charge in [0.2, 0.25) is 0 Å². The Balaban J connectivity index is 2.34. The maximum absolute atomic E-state index is 13.4. The molecule has 0 aliphatic carbocycles. The van der Waals surface area contributed by atoms with Crippen molar-refractivity contribution in [2.45, 2.75) is 13.5 Å². The lowest BCUT2D eigenvalue weighted by atomic mass is 10.1. The summed E-state index contributed by atoms with van der Waals surface area (Å²) in [6.45, 7) is 2.08. The second-order valence-electron chi connectivity index (χ2n) is 3.90. The van der Waals surface area contributed by atoms with Crippen molar-refractivity contribution in [2.75, 3.05) is 0 Å². The zero-order valence-electron chi connectivity index (χ0n) is 9.28. The highest BCUT2D eigenvalue weighted by atomic mass is 79.9. The van der Waals surface area contributed by atoms with Crippen LogP contribution in [0.25, 0.3) is 0 Å². The number of nitrogens with zero attached hydrogens (tertiary/aromatic N) is 1. The van der Waals surface area contributed by atoms with Gasteiger partial charge in [0, 0.05) is 16.7 Å². The van der Waals surface area contributed by atoms with Gasteiger partial charge in [0.05, 0.1) is 6.54 Å². The van der Waals surface area contributed by atoms with Gasteiger partial charge in [-0.25, -0.2) is 4.39 Å². The van der Waals surface area contributed by atoms with Crippen LogP contribution in [0.2, 0.25) is 0 Å². The molecule has 0 unspecified atom stereocenters. The smallest absolute Gasteiger partial charge is 0.250 e. The summed E-state index contributed by atoms with van der Waals surface area (Å²) in [5.74, 6) is -0.245. The maximum Gasteiger partial charge on any atom is 0.250 e. The van der Waals surface area contributed by atoms with E-state index in [-0.39, 0.29) is 11.4 Å². The van der Waals surface area contributed by atoms with Gasteiger partial charge in [-0.2, -0.15) is 0 Å². The molecule has 0 amide bonds. The maximum atomic E-state index is 13.4. The first-order valence-corrected chi connectivity index (χ1v) is 5.96. The van der Waals surface area contributed by atoms with Gasteiger partial charge in [-0.05, 0) is 46.1 Å². The third-order valence-electron chi connectivity index (χ3n) is 2.54. The lowest BCUT2D eigenvalue weighted by molar-refractivity contribution is 0.613. The molecular weight excluding hydrogens is 285 g/mol.